The molecule has 0 aliphatic heterocycles. The Balaban J connectivity index is 1.74. The molecule has 2 rings (SSSR count). The van der Waals surface area contributed by atoms with Crippen LogP contribution in [0.4, 0.5) is 0 Å². The fraction of sp³-hybridized carbons (Fsp3) is 0.409. The summed E-state index contributed by atoms with van der Waals surface area (Å²) >= 11 is 0. The van der Waals surface area contributed by atoms with Crippen LogP contribution >= 0.6 is 0 Å². The molecule has 0 radical (unpaired) electrons. The molecule has 3 nitrogen and oxygen atoms in total. The maximum absolute atomic E-state index is 12.3. The van der Waals surface area contributed by atoms with E-state index in [9.17, 15) is 9.90 Å². The van der Waals surface area contributed by atoms with Crippen molar-refractivity contribution < 1.29 is 9.90 Å². The summed E-state index contributed by atoms with van der Waals surface area (Å²) in [7, 11) is 0. The van der Waals surface area contributed by atoms with Gasteiger partial charge in [0.05, 0.1) is 12.6 Å². The second-order valence-corrected chi connectivity index (χ2v) is 6.74. The third-order valence-electron chi connectivity index (χ3n) is 4.19. The lowest BCUT2D eigenvalue weighted by Crippen LogP contribution is -2.35. The van der Waals surface area contributed by atoms with E-state index in [2.05, 4.69) is 36.4 Å². The van der Waals surface area contributed by atoms with E-state index >= 15 is 0 Å². The summed E-state index contributed by atoms with van der Waals surface area (Å²) in [6, 6.07) is 20.5. The van der Waals surface area contributed by atoms with Crippen molar-refractivity contribution in [2.45, 2.75) is 45.3 Å². The number of rotatable bonds is 11. The van der Waals surface area contributed by atoms with E-state index in [0.717, 1.165) is 19.3 Å². The topological polar surface area (TPSA) is 40.5 Å². The molecule has 0 aliphatic rings. The molecular weight excluding hydrogens is 310 g/mol. The summed E-state index contributed by atoms with van der Waals surface area (Å²) in [5.41, 5.74) is 2.50. The van der Waals surface area contributed by atoms with Crippen molar-refractivity contribution in [1.82, 2.24) is 4.90 Å². The van der Waals surface area contributed by atoms with E-state index in [1.165, 1.54) is 11.1 Å². The number of benzene rings is 2. The third kappa shape index (κ3) is 8.10. The maximum Gasteiger partial charge on any atom is 0.146 e. The van der Waals surface area contributed by atoms with Crippen LogP contribution in [-0.4, -0.2) is 35.0 Å². The Morgan fingerprint density at radius 1 is 0.960 bits per heavy atom. The quantitative estimate of drug-likeness (QED) is 0.632. The third-order valence-corrected chi connectivity index (χ3v) is 4.19. The first kappa shape index (κ1) is 19.4. The van der Waals surface area contributed by atoms with Gasteiger partial charge in [-0.2, -0.15) is 0 Å². The van der Waals surface area contributed by atoms with Crippen LogP contribution in [0.1, 0.15) is 37.3 Å². The largest absolute Gasteiger partial charge is 0.392 e. The molecule has 0 amide bonds. The summed E-state index contributed by atoms with van der Waals surface area (Å²) in [5.74, 6) is 0.254. The van der Waals surface area contributed by atoms with E-state index in [-0.39, 0.29) is 5.78 Å². The number of aliphatic hydroxyl groups is 1. The Morgan fingerprint density at radius 3 is 2.16 bits per heavy atom. The molecule has 1 N–H and O–H groups in total. The number of unbranched alkanes of at least 4 members (excludes halogenated alkanes) is 1. The van der Waals surface area contributed by atoms with Gasteiger partial charge in [-0.25, -0.2) is 0 Å². The molecule has 0 saturated carbocycles. The molecule has 0 aromatic heterocycles. The van der Waals surface area contributed by atoms with Crippen LogP contribution < -0.4 is 0 Å². The lowest BCUT2D eigenvalue weighted by molar-refractivity contribution is -0.120. The van der Waals surface area contributed by atoms with Crippen LogP contribution in [0.5, 0.6) is 0 Å². The number of ketones is 1. The average molecular weight is 339 g/mol. The van der Waals surface area contributed by atoms with Crippen molar-refractivity contribution in [1.29, 1.82) is 0 Å². The molecule has 0 aliphatic carbocycles. The maximum atomic E-state index is 12.3. The molecule has 0 heterocycles. The van der Waals surface area contributed by atoms with Crippen molar-refractivity contribution in [3.05, 3.63) is 71.8 Å². The molecule has 0 saturated heterocycles. The van der Waals surface area contributed by atoms with E-state index in [0.29, 0.717) is 26.1 Å². The van der Waals surface area contributed by atoms with E-state index in [4.69, 9.17) is 0 Å². The van der Waals surface area contributed by atoms with E-state index in [1.807, 2.05) is 29.2 Å². The molecule has 134 valence electrons. The number of carbonyl (C=O) groups is 1. The molecule has 1 atom stereocenters. The number of hydrogen-bond donors (Lipinski definition) is 1. The number of aliphatic hydroxyl groups excluding tert-OH is 1. The number of Topliss-reactive ketones (excluding diaryl/α,β-unsaturated/α-hetero) is 1. The Hall–Kier alpha value is -1.97. The number of aryl methyl sites for hydroxylation is 1. The number of nitrogens with zero attached hydrogens (tertiary/aromatic N) is 1. The first-order chi connectivity index (χ1) is 12.1. The molecule has 3 heteroatoms. The van der Waals surface area contributed by atoms with Crippen molar-refractivity contribution in [2.24, 2.45) is 0 Å². The van der Waals surface area contributed by atoms with Gasteiger partial charge in [0.15, 0.2) is 0 Å². The van der Waals surface area contributed by atoms with Gasteiger partial charge in [-0.05, 0) is 37.3 Å². The molecule has 0 bridgehead atoms. The van der Waals surface area contributed by atoms with Gasteiger partial charge < -0.3 is 5.11 Å². The first-order valence-corrected chi connectivity index (χ1v) is 9.13. The van der Waals surface area contributed by atoms with Crippen LogP contribution in [-0.2, 0) is 17.8 Å². The van der Waals surface area contributed by atoms with Crippen molar-refractivity contribution in [3.8, 4) is 0 Å². The van der Waals surface area contributed by atoms with Gasteiger partial charge in [0.2, 0.25) is 0 Å². The van der Waals surface area contributed by atoms with E-state index in [1.54, 1.807) is 6.92 Å². The zero-order valence-corrected chi connectivity index (χ0v) is 15.1. The Kier molecular flexibility index (Phi) is 8.36. The molecule has 2 aromatic carbocycles. The second-order valence-electron chi connectivity index (χ2n) is 6.74. The number of carbonyl (C=O) groups excluding carboxylic acids is 1. The summed E-state index contributed by atoms with van der Waals surface area (Å²) < 4.78 is 0. The molecule has 0 fully saturated rings. The van der Waals surface area contributed by atoms with Gasteiger partial charge in [-0.1, -0.05) is 60.7 Å². The van der Waals surface area contributed by atoms with Gasteiger partial charge in [0, 0.05) is 19.5 Å². The molecule has 1 unspecified atom stereocenters. The van der Waals surface area contributed by atoms with Crippen LogP contribution in [0.3, 0.4) is 0 Å². The lowest BCUT2D eigenvalue weighted by atomic mass is 10.1. The zero-order chi connectivity index (χ0) is 17.9. The summed E-state index contributed by atoms with van der Waals surface area (Å²) in [4.78, 5) is 14.4. The Bertz CT molecular complexity index is 610. The predicted molar refractivity (Wildman–Crippen MR) is 102 cm³/mol. The van der Waals surface area contributed by atoms with Gasteiger partial charge >= 0.3 is 0 Å². The minimum atomic E-state index is -0.436. The van der Waals surface area contributed by atoms with Crippen LogP contribution in [0.2, 0.25) is 0 Å². The average Bonchev–Trinajstić information content (AvgIpc) is 2.60. The summed E-state index contributed by atoms with van der Waals surface area (Å²) in [6.45, 7) is 3.39. The van der Waals surface area contributed by atoms with Gasteiger partial charge in [-0.15, -0.1) is 0 Å². The summed E-state index contributed by atoms with van der Waals surface area (Å²) in [5, 5.41) is 9.70. The molecule has 0 spiro atoms. The fourth-order valence-corrected chi connectivity index (χ4v) is 3.02. The van der Waals surface area contributed by atoms with Crippen molar-refractivity contribution >= 4 is 5.78 Å². The van der Waals surface area contributed by atoms with Crippen LogP contribution in [0, 0.1) is 0 Å². The smallest absolute Gasteiger partial charge is 0.146 e. The second kappa shape index (κ2) is 10.8. The van der Waals surface area contributed by atoms with E-state index < -0.39 is 6.10 Å². The van der Waals surface area contributed by atoms with Crippen LogP contribution in [0.25, 0.3) is 0 Å². The Morgan fingerprint density at radius 2 is 1.56 bits per heavy atom. The minimum absolute atomic E-state index is 0.254. The molecule has 25 heavy (non-hydrogen) atoms. The highest BCUT2D eigenvalue weighted by molar-refractivity contribution is 5.80. The zero-order valence-electron chi connectivity index (χ0n) is 15.1. The SMILES string of the molecule is CC(O)CN(CC(=O)CCCCc1ccccc1)Cc1ccccc1. The normalized spacial score (nSPS) is 12.3. The molecule has 2 aromatic rings. The standard InChI is InChI=1S/C22H29NO2/c1-19(24)16-23(17-21-13-6-3-7-14-21)18-22(25)15-9-8-12-20-10-4-2-5-11-20/h2-7,10-11,13-14,19,24H,8-9,12,15-18H2,1H3. The monoisotopic (exact) mass is 339 g/mol. The highest BCUT2D eigenvalue weighted by Crippen LogP contribution is 2.09. The predicted octanol–water partition coefficient (Wildman–Crippen LogP) is 3.85. The van der Waals surface area contributed by atoms with Gasteiger partial charge in [0.1, 0.15) is 5.78 Å². The molecular formula is C22H29NO2. The Labute approximate surface area is 151 Å². The summed E-state index contributed by atoms with van der Waals surface area (Å²) in [6.07, 6.45) is 3.15. The minimum Gasteiger partial charge on any atom is -0.392 e. The fourth-order valence-electron chi connectivity index (χ4n) is 3.02. The van der Waals surface area contributed by atoms with Gasteiger partial charge in [0.25, 0.3) is 0 Å². The highest BCUT2D eigenvalue weighted by atomic mass is 16.3. The number of hydrogen-bond acceptors (Lipinski definition) is 3. The first-order valence-electron chi connectivity index (χ1n) is 9.13. The van der Waals surface area contributed by atoms with Gasteiger partial charge in [-0.3, -0.25) is 9.69 Å². The van der Waals surface area contributed by atoms with Crippen LogP contribution in [0.15, 0.2) is 60.7 Å². The highest BCUT2D eigenvalue weighted by Gasteiger charge is 2.13. The van der Waals surface area contributed by atoms with Crippen molar-refractivity contribution in [3.63, 3.8) is 0 Å². The van der Waals surface area contributed by atoms with Crippen molar-refractivity contribution in [2.75, 3.05) is 13.1 Å². The lowest BCUT2D eigenvalue weighted by Gasteiger charge is -2.23.